The van der Waals surface area contributed by atoms with Gasteiger partial charge in [0.2, 0.25) is 5.91 Å². The second kappa shape index (κ2) is 7.60. The van der Waals surface area contributed by atoms with Crippen LogP contribution in [0.2, 0.25) is 0 Å². The molecule has 2 aromatic carbocycles. The zero-order valence-corrected chi connectivity index (χ0v) is 15.4. The second-order valence-electron chi connectivity index (χ2n) is 6.74. The van der Waals surface area contributed by atoms with Gasteiger partial charge in [0, 0.05) is 19.6 Å². The third-order valence-corrected chi connectivity index (χ3v) is 5.86. The maximum Gasteiger partial charge on any atom is 0.225 e. The van der Waals surface area contributed by atoms with Crippen LogP contribution in [0, 0.1) is 17.6 Å². The highest BCUT2D eigenvalue weighted by molar-refractivity contribution is 7.22. The maximum atomic E-state index is 13.4. The van der Waals surface area contributed by atoms with Crippen molar-refractivity contribution < 1.29 is 13.6 Å². The molecule has 1 atom stereocenters. The molecule has 7 heteroatoms. The highest BCUT2D eigenvalue weighted by Gasteiger charge is 2.27. The number of carbonyl (C=O) groups is 1. The van der Waals surface area contributed by atoms with Crippen LogP contribution in [0.4, 0.5) is 13.9 Å². The van der Waals surface area contributed by atoms with Crippen molar-refractivity contribution in [2.75, 3.05) is 18.0 Å². The number of aromatic nitrogens is 1. The minimum absolute atomic E-state index is 0.00354. The van der Waals surface area contributed by atoms with E-state index in [2.05, 4.69) is 15.2 Å². The number of piperidine rings is 1. The summed E-state index contributed by atoms with van der Waals surface area (Å²) in [5, 5.41) is 3.77. The van der Waals surface area contributed by atoms with Crippen molar-refractivity contribution in [2.24, 2.45) is 5.92 Å². The lowest BCUT2D eigenvalue weighted by Gasteiger charge is -2.31. The van der Waals surface area contributed by atoms with Gasteiger partial charge in [0.25, 0.3) is 0 Å². The van der Waals surface area contributed by atoms with Crippen LogP contribution in [0.5, 0.6) is 0 Å². The summed E-state index contributed by atoms with van der Waals surface area (Å²) in [4.78, 5) is 19.2. The number of carbonyl (C=O) groups excluding carboxylic acids is 1. The molecule has 0 aliphatic carbocycles. The number of halogens is 2. The van der Waals surface area contributed by atoms with E-state index in [0.29, 0.717) is 13.1 Å². The molecule has 1 saturated heterocycles. The summed E-state index contributed by atoms with van der Waals surface area (Å²) >= 11 is 1.45. The molecule has 27 heavy (non-hydrogen) atoms. The van der Waals surface area contributed by atoms with Gasteiger partial charge in [-0.1, -0.05) is 23.5 Å². The van der Waals surface area contributed by atoms with Crippen molar-refractivity contribution >= 4 is 32.6 Å². The first-order valence-corrected chi connectivity index (χ1v) is 9.73. The Labute approximate surface area is 159 Å². The topological polar surface area (TPSA) is 45.2 Å². The molecule has 1 fully saturated rings. The van der Waals surface area contributed by atoms with Crippen LogP contribution in [0.1, 0.15) is 18.4 Å². The number of thiazole rings is 1. The predicted molar refractivity (Wildman–Crippen MR) is 103 cm³/mol. The Morgan fingerprint density at radius 3 is 2.78 bits per heavy atom. The Bertz CT molecular complexity index is 958. The number of anilines is 1. The van der Waals surface area contributed by atoms with Crippen LogP contribution in [-0.2, 0) is 11.3 Å². The first kappa shape index (κ1) is 17.9. The number of amides is 1. The monoisotopic (exact) mass is 387 g/mol. The molecule has 140 valence electrons. The van der Waals surface area contributed by atoms with E-state index >= 15 is 0 Å². The highest BCUT2D eigenvalue weighted by Crippen LogP contribution is 2.32. The first-order chi connectivity index (χ1) is 13.1. The quantitative estimate of drug-likeness (QED) is 0.733. The Hall–Kier alpha value is -2.54. The Balaban J connectivity index is 1.40. The van der Waals surface area contributed by atoms with Crippen LogP contribution in [0.25, 0.3) is 10.2 Å². The van der Waals surface area contributed by atoms with Gasteiger partial charge >= 0.3 is 0 Å². The summed E-state index contributed by atoms with van der Waals surface area (Å²) in [6.07, 6.45) is 1.73. The minimum atomic E-state index is -0.288. The predicted octanol–water partition coefficient (Wildman–Crippen LogP) is 4.11. The van der Waals surface area contributed by atoms with E-state index in [4.69, 9.17) is 0 Å². The lowest BCUT2D eigenvalue weighted by atomic mass is 9.97. The number of hydrogen-bond donors (Lipinski definition) is 1. The molecule has 0 saturated carbocycles. The SMILES string of the molecule is O=C(NCc1ccc(F)cc1)C1CCCN(c2nc3ccc(F)cc3s2)C1. The first-order valence-electron chi connectivity index (χ1n) is 8.92. The summed E-state index contributed by atoms with van der Waals surface area (Å²) in [7, 11) is 0. The van der Waals surface area contributed by atoms with E-state index in [1.807, 2.05) is 0 Å². The summed E-state index contributed by atoms with van der Waals surface area (Å²) in [6.45, 7) is 1.82. The lowest BCUT2D eigenvalue weighted by molar-refractivity contribution is -0.125. The molecule has 0 bridgehead atoms. The van der Waals surface area contributed by atoms with Gasteiger partial charge in [-0.3, -0.25) is 4.79 Å². The van der Waals surface area contributed by atoms with Gasteiger partial charge in [0.1, 0.15) is 11.6 Å². The third-order valence-electron chi connectivity index (χ3n) is 4.78. The summed E-state index contributed by atoms with van der Waals surface area (Å²) in [5.41, 5.74) is 1.64. The fraction of sp³-hybridized carbons (Fsp3) is 0.300. The van der Waals surface area contributed by atoms with E-state index in [1.165, 1.54) is 35.6 Å². The van der Waals surface area contributed by atoms with Gasteiger partial charge in [-0.25, -0.2) is 13.8 Å². The van der Waals surface area contributed by atoms with Crippen LogP contribution >= 0.6 is 11.3 Å². The van der Waals surface area contributed by atoms with Crippen LogP contribution < -0.4 is 10.2 Å². The fourth-order valence-electron chi connectivity index (χ4n) is 3.32. The second-order valence-corrected chi connectivity index (χ2v) is 7.75. The zero-order chi connectivity index (χ0) is 18.8. The molecule has 1 unspecified atom stereocenters. The molecule has 1 aromatic heterocycles. The van der Waals surface area contributed by atoms with Crippen molar-refractivity contribution in [3.63, 3.8) is 0 Å². The molecule has 0 radical (unpaired) electrons. The van der Waals surface area contributed by atoms with Crippen molar-refractivity contribution in [1.82, 2.24) is 10.3 Å². The van der Waals surface area contributed by atoms with Gasteiger partial charge in [0.15, 0.2) is 5.13 Å². The average molecular weight is 387 g/mol. The van der Waals surface area contributed by atoms with Crippen LogP contribution in [-0.4, -0.2) is 24.0 Å². The van der Waals surface area contributed by atoms with Gasteiger partial charge in [-0.05, 0) is 48.7 Å². The largest absolute Gasteiger partial charge is 0.352 e. The number of nitrogens with one attached hydrogen (secondary N) is 1. The van der Waals surface area contributed by atoms with Crippen molar-refractivity contribution in [3.05, 3.63) is 59.7 Å². The van der Waals surface area contributed by atoms with Crippen LogP contribution in [0.15, 0.2) is 42.5 Å². The molecule has 1 N–H and O–H groups in total. The van der Waals surface area contributed by atoms with E-state index in [9.17, 15) is 13.6 Å². The van der Waals surface area contributed by atoms with Crippen molar-refractivity contribution in [2.45, 2.75) is 19.4 Å². The van der Waals surface area contributed by atoms with E-state index in [1.54, 1.807) is 18.2 Å². The zero-order valence-electron chi connectivity index (χ0n) is 14.6. The van der Waals surface area contributed by atoms with E-state index in [-0.39, 0.29) is 23.5 Å². The van der Waals surface area contributed by atoms with Gasteiger partial charge in [0.05, 0.1) is 16.1 Å². The third kappa shape index (κ3) is 4.08. The standard InChI is InChI=1S/C20H19F2N3OS/c21-15-5-3-13(4-6-15)11-23-19(26)14-2-1-9-25(12-14)20-24-17-8-7-16(22)10-18(17)27-20/h3-8,10,14H,1-2,9,11-12H2,(H,23,26). The Morgan fingerprint density at radius 1 is 1.19 bits per heavy atom. The van der Waals surface area contributed by atoms with Crippen molar-refractivity contribution in [3.8, 4) is 0 Å². The number of benzene rings is 2. The van der Waals surface area contributed by atoms with E-state index < -0.39 is 0 Å². The summed E-state index contributed by atoms with van der Waals surface area (Å²) in [6, 6.07) is 10.7. The highest BCUT2D eigenvalue weighted by atomic mass is 32.1. The smallest absolute Gasteiger partial charge is 0.225 e. The van der Waals surface area contributed by atoms with E-state index in [0.717, 1.165) is 40.3 Å². The molecule has 1 aliphatic heterocycles. The fourth-order valence-corrected chi connectivity index (χ4v) is 4.35. The molecule has 1 amide bonds. The molecular weight excluding hydrogens is 368 g/mol. The Kier molecular flexibility index (Phi) is 5.03. The van der Waals surface area contributed by atoms with Gasteiger partial charge < -0.3 is 10.2 Å². The number of hydrogen-bond acceptors (Lipinski definition) is 4. The van der Waals surface area contributed by atoms with Gasteiger partial charge in [-0.2, -0.15) is 0 Å². The lowest BCUT2D eigenvalue weighted by Crippen LogP contribution is -2.42. The average Bonchev–Trinajstić information content (AvgIpc) is 3.10. The molecular formula is C20H19F2N3OS. The molecule has 3 aromatic rings. The molecule has 0 spiro atoms. The minimum Gasteiger partial charge on any atom is -0.352 e. The molecule has 4 nitrogen and oxygen atoms in total. The maximum absolute atomic E-state index is 13.4. The Morgan fingerprint density at radius 2 is 1.96 bits per heavy atom. The molecule has 2 heterocycles. The summed E-state index contributed by atoms with van der Waals surface area (Å²) in [5.74, 6) is -0.683. The van der Waals surface area contributed by atoms with Crippen molar-refractivity contribution in [1.29, 1.82) is 0 Å². The number of fused-ring (bicyclic) bond motifs is 1. The molecule has 4 rings (SSSR count). The summed E-state index contributed by atoms with van der Waals surface area (Å²) < 4.78 is 27.2. The van der Waals surface area contributed by atoms with Crippen LogP contribution in [0.3, 0.4) is 0 Å². The molecule has 1 aliphatic rings. The number of nitrogens with zero attached hydrogens (tertiary/aromatic N) is 2. The van der Waals surface area contributed by atoms with Gasteiger partial charge in [-0.15, -0.1) is 0 Å². The number of rotatable bonds is 4. The normalized spacial score (nSPS) is 17.3.